The number of nitrogens with one attached hydrogen (secondary N) is 1. The van der Waals surface area contributed by atoms with Crippen LogP contribution in [-0.2, 0) is 0 Å². The van der Waals surface area contributed by atoms with Crippen molar-refractivity contribution in [3.8, 4) is 16.9 Å². The number of aromatic nitrogens is 2. The zero-order valence-corrected chi connectivity index (χ0v) is 16.8. The SMILES string of the molecule is Cc1cccc(NC(=O)c2c(-c3ccccc3)nn(-c3ccccc3)c2C)c1C. The molecule has 144 valence electrons. The molecule has 0 aliphatic rings. The van der Waals surface area contributed by atoms with Crippen LogP contribution in [0.25, 0.3) is 16.9 Å². The second-order valence-electron chi connectivity index (χ2n) is 7.12. The molecule has 29 heavy (non-hydrogen) atoms. The molecule has 4 heteroatoms. The van der Waals surface area contributed by atoms with E-state index in [4.69, 9.17) is 5.10 Å². The maximum absolute atomic E-state index is 13.4. The lowest BCUT2D eigenvalue weighted by Crippen LogP contribution is -2.15. The predicted molar refractivity (Wildman–Crippen MR) is 118 cm³/mol. The summed E-state index contributed by atoms with van der Waals surface area (Å²) >= 11 is 0. The molecule has 0 bridgehead atoms. The highest BCUT2D eigenvalue weighted by Crippen LogP contribution is 2.29. The van der Waals surface area contributed by atoms with Crippen LogP contribution in [0, 0.1) is 20.8 Å². The van der Waals surface area contributed by atoms with Gasteiger partial charge in [-0.1, -0.05) is 60.7 Å². The highest BCUT2D eigenvalue weighted by Gasteiger charge is 2.23. The van der Waals surface area contributed by atoms with E-state index in [-0.39, 0.29) is 5.91 Å². The molecule has 0 unspecified atom stereocenters. The summed E-state index contributed by atoms with van der Waals surface area (Å²) < 4.78 is 1.83. The maximum Gasteiger partial charge on any atom is 0.259 e. The molecule has 4 aromatic rings. The Kier molecular flexibility index (Phi) is 5.00. The number of hydrogen-bond acceptors (Lipinski definition) is 2. The zero-order valence-electron chi connectivity index (χ0n) is 16.8. The number of carbonyl (C=O) groups is 1. The lowest BCUT2D eigenvalue weighted by molar-refractivity contribution is 0.102. The smallest absolute Gasteiger partial charge is 0.259 e. The summed E-state index contributed by atoms with van der Waals surface area (Å²) in [6.45, 7) is 5.99. The van der Waals surface area contributed by atoms with E-state index in [1.54, 1.807) is 0 Å². The number of benzene rings is 3. The maximum atomic E-state index is 13.4. The third-order valence-corrected chi connectivity index (χ3v) is 5.24. The van der Waals surface area contributed by atoms with Crippen LogP contribution in [0.2, 0.25) is 0 Å². The third kappa shape index (κ3) is 3.57. The molecule has 1 amide bonds. The fourth-order valence-corrected chi connectivity index (χ4v) is 3.46. The second-order valence-corrected chi connectivity index (χ2v) is 7.12. The van der Waals surface area contributed by atoms with Gasteiger partial charge >= 0.3 is 0 Å². The van der Waals surface area contributed by atoms with Crippen molar-refractivity contribution in [3.05, 3.63) is 101 Å². The number of para-hydroxylation sites is 1. The molecule has 0 aliphatic carbocycles. The molecule has 0 atom stereocenters. The van der Waals surface area contributed by atoms with Crippen molar-refractivity contribution in [2.24, 2.45) is 0 Å². The van der Waals surface area contributed by atoms with Gasteiger partial charge in [0.25, 0.3) is 5.91 Å². The molecule has 0 saturated heterocycles. The van der Waals surface area contributed by atoms with Gasteiger partial charge in [-0.2, -0.15) is 5.10 Å². The van der Waals surface area contributed by atoms with Crippen LogP contribution in [-0.4, -0.2) is 15.7 Å². The van der Waals surface area contributed by atoms with E-state index < -0.39 is 0 Å². The van der Waals surface area contributed by atoms with Gasteiger partial charge in [-0.25, -0.2) is 4.68 Å². The van der Waals surface area contributed by atoms with Gasteiger partial charge in [-0.3, -0.25) is 4.79 Å². The van der Waals surface area contributed by atoms with E-state index in [1.165, 1.54) is 0 Å². The van der Waals surface area contributed by atoms with E-state index in [1.807, 2.05) is 104 Å². The molecule has 0 radical (unpaired) electrons. The molecule has 0 saturated carbocycles. The van der Waals surface area contributed by atoms with Crippen molar-refractivity contribution in [1.29, 1.82) is 0 Å². The fourth-order valence-electron chi connectivity index (χ4n) is 3.46. The van der Waals surface area contributed by atoms with Crippen molar-refractivity contribution < 1.29 is 4.79 Å². The quantitative estimate of drug-likeness (QED) is 0.492. The standard InChI is InChI=1S/C25H23N3O/c1-17-11-10-16-22(18(17)2)26-25(29)23-19(3)28(21-14-8-5-9-15-21)27-24(23)20-12-6-4-7-13-20/h4-16H,1-3H3,(H,26,29). The number of carbonyl (C=O) groups excluding carboxylic acids is 1. The van der Waals surface area contributed by atoms with Crippen LogP contribution >= 0.6 is 0 Å². The minimum absolute atomic E-state index is 0.155. The van der Waals surface area contributed by atoms with Crippen molar-refractivity contribution in [3.63, 3.8) is 0 Å². The van der Waals surface area contributed by atoms with E-state index in [0.717, 1.165) is 33.8 Å². The van der Waals surface area contributed by atoms with E-state index in [2.05, 4.69) is 5.32 Å². The summed E-state index contributed by atoms with van der Waals surface area (Å²) in [5.74, 6) is -0.155. The first kappa shape index (κ1) is 18.7. The largest absolute Gasteiger partial charge is 0.322 e. The number of anilines is 1. The van der Waals surface area contributed by atoms with Crippen molar-refractivity contribution in [2.45, 2.75) is 20.8 Å². The highest BCUT2D eigenvalue weighted by molar-refractivity contribution is 6.09. The Labute approximate surface area is 170 Å². The Bertz CT molecular complexity index is 1160. The van der Waals surface area contributed by atoms with Gasteiger partial charge in [0.05, 0.1) is 16.9 Å². The first-order chi connectivity index (χ1) is 14.1. The van der Waals surface area contributed by atoms with E-state index >= 15 is 0 Å². The topological polar surface area (TPSA) is 46.9 Å². The monoisotopic (exact) mass is 381 g/mol. The Morgan fingerprint density at radius 1 is 0.828 bits per heavy atom. The van der Waals surface area contributed by atoms with Gasteiger partial charge in [0.2, 0.25) is 0 Å². The molecule has 4 nitrogen and oxygen atoms in total. The Hall–Kier alpha value is -3.66. The normalized spacial score (nSPS) is 10.7. The summed E-state index contributed by atoms with van der Waals surface area (Å²) in [5, 5.41) is 7.90. The van der Waals surface area contributed by atoms with Gasteiger partial charge in [0.15, 0.2) is 0 Å². The molecular formula is C25H23N3O. The first-order valence-electron chi connectivity index (χ1n) is 9.64. The van der Waals surface area contributed by atoms with Gasteiger partial charge in [0.1, 0.15) is 5.69 Å². The average molecular weight is 381 g/mol. The number of nitrogens with zero attached hydrogens (tertiary/aromatic N) is 2. The minimum atomic E-state index is -0.155. The van der Waals surface area contributed by atoms with Gasteiger partial charge < -0.3 is 5.32 Å². The summed E-state index contributed by atoms with van der Waals surface area (Å²) in [7, 11) is 0. The van der Waals surface area contributed by atoms with Crippen LogP contribution in [0.15, 0.2) is 78.9 Å². The summed E-state index contributed by atoms with van der Waals surface area (Å²) in [5.41, 5.74) is 6.93. The fraction of sp³-hybridized carbons (Fsp3) is 0.120. The number of hydrogen-bond donors (Lipinski definition) is 1. The molecule has 1 N–H and O–H groups in total. The first-order valence-corrected chi connectivity index (χ1v) is 9.64. The minimum Gasteiger partial charge on any atom is -0.322 e. The van der Waals surface area contributed by atoms with Crippen LogP contribution in [0.5, 0.6) is 0 Å². The summed E-state index contributed by atoms with van der Waals surface area (Å²) in [4.78, 5) is 13.4. The number of amides is 1. The molecule has 3 aromatic carbocycles. The van der Waals surface area contributed by atoms with Gasteiger partial charge in [-0.05, 0) is 50.1 Å². The molecular weight excluding hydrogens is 358 g/mol. The molecule has 1 heterocycles. The molecule has 0 fully saturated rings. The van der Waals surface area contributed by atoms with E-state index in [0.29, 0.717) is 11.3 Å². The lowest BCUT2D eigenvalue weighted by Gasteiger charge is -2.11. The summed E-state index contributed by atoms with van der Waals surface area (Å²) in [6.07, 6.45) is 0. The molecule has 1 aromatic heterocycles. The molecule has 0 aliphatic heterocycles. The Balaban J connectivity index is 1.84. The van der Waals surface area contributed by atoms with Gasteiger partial charge in [-0.15, -0.1) is 0 Å². The summed E-state index contributed by atoms with van der Waals surface area (Å²) in [6, 6.07) is 25.6. The zero-order chi connectivity index (χ0) is 20.4. The van der Waals surface area contributed by atoms with Gasteiger partial charge in [0, 0.05) is 11.3 Å². The van der Waals surface area contributed by atoms with E-state index in [9.17, 15) is 4.79 Å². The van der Waals surface area contributed by atoms with Crippen LogP contribution < -0.4 is 5.32 Å². The third-order valence-electron chi connectivity index (χ3n) is 5.24. The average Bonchev–Trinajstić information content (AvgIpc) is 3.10. The van der Waals surface area contributed by atoms with Crippen molar-refractivity contribution in [2.75, 3.05) is 5.32 Å². The Morgan fingerprint density at radius 3 is 2.17 bits per heavy atom. The van der Waals surface area contributed by atoms with Crippen LogP contribution in [0.3, 0.4) is 0 Å². The molecule has 4 rings (SSSR count). The lowest BCUT2D eigenvalue weighted by atomic mass is 10.0. The predicted octanol–water partition coefficient (Wildman–Crippen LogP) is 5.72. The van der Waals surface area contributed by atoms with Crippen LogP contribution in [0.4, 0.5) is 5.69 Å². The Morgan fingerprint density at radius 2 is 1.48 bits per heavy atom. The van der Waals surface area contributed by atoms with Crippen LogP contribution in [0.1, 0.15) is 27.2 Å². The second kappa shape index (κ2) is 7.76. The highest BCUT2D eigenvalue weighted by atomic mass is 16.1. The number of aryl methyl sites for hydroxylation is 1. The number of rotatable bonds is 4. The molecule has 0 spiro atoms. The van der Waals surface area contributed by atoms with Crippen molar-refractivity contribution in [1.82, 2.24) is 9.78 Å². The van der Waals surface area contributed by atoms with Crippen molar-refractivity contribution >= 4 is 11.6 Å².